The van der Waals surface area contributed by atoms with Gasteiger partial charge in [0.05, 0.1) is 40.6 Å². The van der Waals surface area contributed by atoms with Crippen molar-refractivity contribution in [2.45, 2.75) is 12.7 Å². The number of pyridine rings is 1. The molecule has 0 unspecified atom stereocenters. The van der Waals surface area contributed by atoms with Crippen LogP contribution in [0.4, 0.5) is 30.2 Å². The molecule has 0 atom stereocenters. The number of anilines is 3. The number of hydrogen-bond acceptors (Lipinski definition) is 5. The molecule has 4 rings (SSSR count). The largest absolute Gasteiger partial charge is 0.435 e. The fourth-order valence-corrected chi connectivity index (χ4v) is 3.30. The van der Waals surface area contributed by atoms with Gasteiger partial charge in [-0.05, 0) is 24.3 Å². The smallest absolute Gasteiger partial charge is 0.365 e. The van der Waals surface area contributed by atoms with E-state index < -0.39 is 24.8 Å². The fourth-order valence-electron chi connectivity index (χ4n) is 3.30. The first kappa shape index (κ1) is 15.4. The first-order valence-corrected chi connectivity index (χ1v) is 8.48. The van der Waals surface area contributed by atoms with Crippen molar-refractivity contribution in [3.8, 4) is 5.69 Å². The Morgan fingerprint density at radius 3 is 2.86 bits per heavy atom. The number of rotatable bonds is 3. The van der Waals surface area contributed by atoms with E-state index in [1.165, 1.54) is 23.1 Å². The summed E-state index contributed by atoms with van der Waals surface area (Å²) in [5, 5.41) is 8.72. The molecule has 29 heavy (non-hydrogen) atoms. The second-order valence-electron chi connectivity index (χ2n) is 6.46. The Hall–Kier alpha value is -3.56. The van der Waals surface area contributed by atoms with Gasteiger partial charge >= 0.3 is 6.18 Å². The van der Waals surface area contributed by atoms with Gasteiger partial charge in [-0.1, -0.05) is 6.07 Å². The maximum Gasteiger partial charge on any atom is 0.435 e. The Morgan fingerprint density at radius 2 is 2.10 bits per heavy atom. The zero-order valence-corrected chi connectivity index (χ0v) is 15.1. The molecule has 3 aromatic rings. The molecule has 2 N–H and O–H groups in total. The van der Waals surface area contributed by atoms with Crippen LogP contribution in [0.25, 0.3) is 5.69 Å². The van der Waals surface area contributed by atoms with Crippen LogP contribution in [0.2, 0.25) is 0 Å². The fraction of sp³-hybridized carbons (Fsp3) is 0.211. The van der Waals surface area contributed by atoms with Crippen molar-refractivity contribution in [3.63, 3.8) is 0 Å². The minimum atomic E-state index is -4.57. The van der Waals surface area contributed by atoms with E-state index in [1.54, 1.807) is 30.1 Å². The number of hydrogen-bond donors (Lipinski definition) is 2. The molecule has 1 aliphatic rings. The molecule has 0 aliphatic carbocycles. The van der Waals surface area contributed by atoms with E-state index in [2.05, 4.69) is 15.4 Å². The number of benzene rings is 1. The highest BCUT2D eigenvalue weighted by atomic mass is 19.4. The van der Waals surface area contributed by atoms with Crippen molar-refractivity contribution in [1.82, 2.24) is 20.1 Å². The summed E-state index contributed by atoms with van der Waals surface area (Å²) in [5.74, 6) is -0.845. The molecule has 10 heteroatoms. The zero-order valence-electron chi connectivity index (χ0n) is 18.1. The standard InChI is InChI=1S/C19H17F3N6O/c1-23-18(29)12-9-24-7-6-13(12)25-14-4-3-5-15-17(14)27(2)10-11-8-16(19(20,21)22)26-28(11)15/h3-9H,10H2,1-2H3,(H,23,29)(H,24,25)/i1D3. The van der Waals surface area contributed by atoms with Gasteiger partial charge in [-0.3, -0.25) is 9.78 Å². The Balaban J connectivity index is 1.74. The van der Waals surface area contributed by atoms with Crippen molar-refractivity contribution < 1.29 is 22.1 Å². The second-order valence-corrected chi connectivity index (χ2v) is 6.46. The molecule has 0 saturated heterocycles. The van der Waals surface area contributed by atoms with Crippen LogP contribution in [0.1, 0.15) is 25.9 Å². The average Bonchev–Trinajstić information content (AvgIpc) is 3.12. The third-order valence-electron chi connectivity index (χ3n) is 4.55. The highest BCUT2D eigenvalue weighted by Gasteiger charge is 2.36. The quantitative estimate of drug-likeness (QED) is 0.699. The normalized spacial score (nSPS) is 14.9. The number of nitrogens with one attached hydrogen (secondary N) is 2. The van der Waals surface area contributed by atoms with E-state index in [4.69, 9.17) is 4.11 Å². The van der Waals surface area contributed by atoms with Crippen molar-refractivity contribution >= 4 is 23.0 Å². The predicted molar refractivity (Wildman–Crippen MR) is 102 cm³/mol. The van der Waals surface area contributed by atoms with E-state index in [1.807, 2.05) is 5.32 Å². The molecule has 0 spiro atoms. The topological polar surface area (TPSA) is 75.1 Å². The summed E-state index contributed by atoms with van der Waals surface area (Å²) >= 11 is 0. The van der Waals surface area contributed by atoms with Crippen LogP contribution in [0.5, 0.6) is 0 Å². The summed E-state index contributed by atoms with van der Waals surface area (Å²) in [6.07, 6.45) is -1.92. The maximum atomic E-state index is 13.2. The Kier molecular flexibility index (Phi) is 3.60. The van der Waals surface area contributed by atoms with E-state index >= 15 is 0 Å². The van der Waals surface area contributed by atoms with Gasteiger partial charge in [0, 0.05) is 30.5 Å². The van der Waals surface area contributed by atoms with Crippen LogP contribution in [0.3, 0.4) is 0 Å². The molecule has 1 amide bonds. The highest BCUT2D eigenvalue weighted by molar-refractivity contribution is 6.00. The monoisotopic (exact) mass is 405 g/mol. The van der Waals surface area contributed by atoms with Gasteiger partial charge in [-0.25, -0.2) is 4.68 Å². The molecule has 0 radical (unpaired) electrons. The number of aromatic nitrogens is 3. The van der Waals surface area contributed by atoms with Crippen LogP contribution in [-0.4, -0.2) is 34.7 Å². The molecule has 0 bridgehead atoms. The summed E-state index contributed by atoms with van der Waals surface area (Å²) in [6, 6.07) is 7.49. The first-order chi connectivity index (χ1) is 14.9. The molecule has 1 aliphatic heterocycles. The first-order valence-electron chi connectivity index (χ1n) is 9.98. The van der Waals surface area contributed by atoms with Crippen LogP contribution in [0, 0.1) is 0 Å². The second kappa shape index (κ2) is 6.80. The third-order valence-corrected chi connectivity index (χ3v) is 4.55. The zero-order chi connectivity index (χ0) is 23.3. The number of halogens is 3. The lowest BCUT2D eigenvalue weighted by Crippen LogP contribution is -2.26. The van der Waals surface area contributed by atoms with Crippen molar-refractivity contribution in [2.24, 2.45) is 0 Å². The van der Waals surface area contributed by atoms with Crippen LogP contribution in [0.15, 0.2) is 42.7 Å². The van der Waals surface area contributed by atoms with Gasteiger partial charge in [0.15, 0.2) is 5.69 Å². The number of alkyl halides is 3. The maximum absolute atomic E-state index is 13.2. The summed E-state index contributed by atoms with van der Waals surface area (Å²) in [4.78, 5) is 18.0. The molecular formula is C19H17F3N6O. The van der Waals surface area contributed by atoms with Gasteiger partial charge in [-0.15, -0.1) is 0 Å². The molecule has 2 aromatic heterocycles. The number of para-hydroxylation sites is 1. The van der Waals surface area contributed by atoms with Gasteiger partial charge < -0.3 is 15.5 Å². The van der Waals surface area contributed by atoms with Gasteiger partial charge in [0.1, 0.15) is 0 Å². The van der Waals surface area contributed by atoms with Crippen LogP contribution >= 0.6 is 0 Å². The summed E-state index contributed by atoms with van der Waals surface area (Å²) < 4.78 is 62.4. The van der Waals surface area contributed by atoms with Gasteiger partial charge in [0.2, 0.25) is 0 Å². The Labute approximate surface area is 168 Å². The summed E-state index contributed by atoms with van der Waals surface area (Å²) in [5.41, 5.74) is 1.17. The van der Waals surface area contributed by atoms with Crippen LogP contribution in [-0.2, 0) is 12.7 Å². The minimum absolute atomic E-state index is 0.00109. The molecular weight excluding hydrogens is 385 g/mol. The predicted octanol–water partition coefficient (Wildman–Crippen LogP) is 3.34. The summed E-state index contributed by atoms with van der Waals surface area (Å²) in [6.45, 7) is -2.50. The van der Waals surface area contributed by atoms with Gasteiger partial charge in [-0.2, -0.15) is 18.3 Å². The van der Waals surface area contributed by atoms with Crippen LogP contribution < -0.4 is 15.5 Å². The molecule has 0 saturated carbocycles. The third kappa shape index (κ3) is 3.26. The average molecular weight is 405 g/mol. The molecule has 150 valence electrons. The SMILES string of the molecule is [2H]C([2H])([2H])NC(=O)c1cnccc1Nc1cccc2c1N(C)Cc1cc(C(F)(F)F)nn1-2. The minimum Gasteiger partial charge on any atom is -0.365 e. The van der Waals surface area contributed by atoms with E-state index in [0.29, 0.717) is 22.8 Å². The molecule has 1 aromatic carbocycles. The Morgan fingerprint density at radius 1 is 1.28 bits per heavy atom. The van der Waals surface area contributed by atoms with Crippen molar-refractivity contribution in [1.29, 1.82) is 0 Å². The molecule has 3 heterocycles. The Bertz CT molecular complexity index is 1190. The number of nitrogens with zero attached hydrogens (tertiary/aromatic N) is 4. The molecule has 0 fully saturated rings. The van der Waals surface area contributed by atoms with E-state index in [-0.39, 0.29) is 17.8 Å². The lowest BCUT2D eigenvalue weighted by molar-refractivity contribution is -0.141. The lowest BCUT2D eigenvalue weighted by Gasteiger charge is -2.30. The lowest BCUT2D eigenvalue weighted by atomic mass is 10.1. The van der Waals surface area contributed by atoms with E-state index in [9.17, 15) is 18.0 Å². The van der Waals surface area contributed by atoms with E-state index in [0.717, 1.165) is 6.07 Å². The molecule has 7 nitrogen and oxygen atoms in total. The number of amides is 1. The number of carbonyl (C=O) groups excluding carboxylic acids is 1. The van der Waals surface area contributed by atoms with Gasteiger partial charge in [0.25, 0.3) is 5.91 Å². The highest BCUT2D eigenvalue weighted by Crippen LogP contribution is 2.40. The number of fused-ring (bicyclic) bond motifs is 3. The van der Waals surface area contributed by atoms with Crippen molar-refractivity contribution in [3.05, 3.63) is 59.7 Å². The summed E-state index contributed by atoms with van der Waals surface area (Å²) in [7, 11) is 1.72. The van der Waals surface area contributed by atoms with Crippen molar-refractivity contribution in [2.75, 3.05) is 24.2 Å². The number of carbonyl (C=O) groups is 1.